The molecule has 242 valence electrons. The number of hydrogen-bond donors (Lipinski definition) is 2. The maximum atomic E-state index is 14.8. The van der Waals surface area contributed by atoms with Crippen LogP contribution in [0.5, 0.6) is 0 Å². The highest BCUT2D eigenvalue weighted by Gasteiger charge is 2.40. The van der Waals surface area contributed by atoms with E-state index in [-0.39, 0.29) is 22.9 Å². The van der Waals surface area contributed by atoms with Crippen LogP contribution in [0.1, 0.15) is 44.8 Å². The third-order valence-electron chi connectivity index (χ3n) is 8.16. The Morgan fingerprint density at radius 2 is 0.771 bits per heavy atom. The van der Waals surface area contributed by atoms with Crippen molar-refractivity contribution in [2.75, 3.05) is 13.1 Å². The normalized spacial score (nSPS) is 14.1. The van der Waals surface area contributed by atoms with Gasteiger partial charge in [0.1, 0.15) is 10.5 Å². The average Bonchev–Trinajstić information content (AvgIpc) is 3.13. The second kappa shape index (κ2) is 15.8. The van der Waals surface area contributed by atoms with E-state index in [1.165, 1.54) is 24.3 Å². The highest BCUT2D eigenvalue weighted by Crippen LogP contribution is 2.42. The van der Waals surface area contributed by atoms with E-state index in [0.717, 1.165) is 11.1 Å². The fraction of sp³-hybridized carbons (Fsp3) is 0.150. The third kappa shape index (κ3) is 7.60. The number of sulfone groups is 2. The van der Waals surface area contributed by atoms with E-state index in [1.54, 1.807) is 48.5 Å². The standard InChI is InChI=1S/C40H36N2O4S2/c1-3-28-41-37(31-18-9-5-10-19-31)39(33-22-13-7-14-23-33)47(43,44)35-26-17-27-36(30-35)48(45,46)40(34-24-15-8-16-25-34)38(42-29-4-2)32-20-11-6-12-21-32/h1-2,5-27,30,37-42H,28-29H2/t37-,38-,39-,40-/m1/s1. The summed E-state index contributed by atoms with van der Waals surface area (Å²) in [6, 6.07) is 40.3. The molecule has 8 heteroatoms. The zero-order chi connectivity index (χ0) is 34.0. The topological polar surface area (TPSA) is 92.3 Å². The van der Waals surface area contributed by atoms with E-state index in [9.17, 15) is 16.8 Å². The van der Waals surface area contributed by atoms with Crippen LogP contribution in [-0.4, -0.2) is 29.9 Å². The van der Waals surface area contributed by atoms with Gasteiger partial charge >= 0.3 is 0 Å². The smallest absolute Gasteiger partial charge is 0.187 e. The number of rotatable bonds is 14. The summed E-state index contributed by atoms with van der Waals surface area (Å²) in [5, 5.41) is 4.21. The van der Waals surface area contributed by atoms with Crippen molar-refractivity contribution >= 4 is 19.7 Å². The first-order valence-electron chi connectivity index (χ1n) is 15.4. The van der Waals surface area contributed by atoms with E-state index in [4.69, 9.17) is 12.8 Å². The molecule has 0 bridgehead atoms. The van der Waals surface area contributed by atoms with Gasteiger partial charge in [0.2, 0.25) is 0 Å². The molecule has 48 heavy (non-hydrogen) atoms. The van der Waals surface area contributed by atoms with Crippen molar-refractivity contribution in [1.29, 1.82) is 0 Å². The molecule has 6 nitrogen and oxygen atoms in total. The first kappa shape index (κ1) is 34.4. The lowest BCUT2D eigenvalue weighted by atomic mass is 9.98. The minimum atomic E-state index is -4.23. The molecule has 0 amide bonds. The molecule has 0 aliphatic carbocycles. The van der Waals surface area contributed by atoms with Crippen molar-refractivity contribution in [3.63, 3.8) is 0 Å². The van der Waals surface area contributed by atoms with E-state index in [2.05, 4.69) is 22.5 Å². The molecule has 0 saturated heterocycles. The predicted octanol–water partition coefficient (Wildman–Crippen LogP) is 6.64. The van der Waals surface area contributed by atoms with Crippen LogP contribution in [0.4, 0.5) is 0 Å². The molecule has 0 spiro atoms. The van der Waals surface area contributed by atoms with Crippen molar-refractivity contribution in [3.05, 3.63) is 168 Å². The van der Waals surface area contributed by atoms with Crippen LogP contribution in [0, 0.1) is 24.7 Å². The SMILES string of the molecule is C#CCN[C@H](c1ccccc1)[C@@H](c1ccccc1)S(=O)(=O)c1cccc(S(=O)(=O)[C@H](c2ccccc2)[C@H](NCC#C)c2ccccc2)c1. The number of benzene rings is 5. The van der Waals surface area contributed by atoms with Gasteiger partial charge in [-0.1, -0.05) is 139 Å². The van der Waals surface area contributed by atoms with Crippen LogP contribution in [0.25, 0.3) is 0 Å². The first-order chi connectivity index (χ1) is 23.3. The van der Waals surface area contributed by atoms with E-state index >= 15 is 0 Å². The van der Waals surface area contributed by atoms with Gasteiger partial charge in [0.25, 0.3) is 0 Å². The Hall–Kier alpha value is -4.96. The quantitative estimate of drug-likeness (QED) is 0.129. The molecule has 5 aromatic carbocycles. The molecule has 0 unspecified atom stereocenters. The Bertz CT molecular complexity index is 1940. The van der Waals surface area contributed by atoms with Gasteiger partial charge in [0.05, 0.1) is 35.0 Å². The molecule has 0 radical (unpaired) electrons. The van der Waals surface area contributed by atoms with Gasteiger partial charge in [-0.25, -0.2) is 16.8 Å². The van der Waals surface area contributed by atoms with Crippen LogP contribution in [0.15, 0.2) is 155 Å². The Morgan fingerprint density at radius 3 is 1.08 bits per heavy atom. The Balaban J connectivity index is 1.67. The molecule has 5 aromatic rings. The van der Waals surface area contributed by atoms with Gasteiger partial charge < -0.3 is 0 Å². The van der Waals surface area contributed by atoms with Crippen molar-refractivity contribution in [2.24, 2.45) is 0 Å². The van der Waals surface area contributed by atoms with Crippen LogP contribution in [0.2, 0.25) is 0 Å². The number of nitrogens with one attached hydrogen (secondary N) is 2. The largest absolute Gasteiger partial charge is 0.298 e. The second-order valence-corrected chi connectivity index (χ2v) is 15.3. The second-order valence-electron chi connectivity index (χ2n) is 11.2. The molecular weight excluding hydrogens is 637 g/mol. The highest BCUT2D eigenvalue weighted by molar-refractivity contribution is 7.92. The number of hydrogen-bond acceptors (Lipinski definition) is 6. The molecule has 2 N–H and O–H groups in total. The minimum Gasteiger partial charge on any atom is -0.298 e. The monoisotopic (exact) mass is 672 g/mol. The van der Waals surface area contributed by atoms with Crippen LogP contribution < -0.4 is 10.6 Å². The first-order valence-corrected chi connectivity index (χ1v) is 18.5. The summed E-state index contributed by atoms with van der Waals surface area (Å²) in [6.45, 7) is 0.244. The third-order valence-corrected chi connectivity index (χ3v) is 12.4. The van der Waals surface area contributed by atoms with Gasteiger partial charge in [-0.15, -0.1) is 12.8 Å². The van der Waals surface area contributed by atoms with E-state index in [0.29, 0.717) is 11.1 Å². The van der Waals surface area contributed by atoms with Crippen molar-refractivity contribution in [2.45, 2.75) is 32.4 Å². The maximum Gasteiger partial charge on any atom is 0.187 e. The molecular formula is C40H36N2O4S2. The molecule has 0 saturated carbocycles. The lowest BCUT2D eigenvalue weighted by Gasteiger charge is -2.30. The molecule has 0 aliphatic rings. The molecule has 5 rings (SSSR count). The van der Waals surface area contributed by atoms with Gasteiger partial charge in [-0.3, -0.25) is 10.6 Å². The van der Waals surface area contributed by atoms with Gasteiger partial charge in [0.15, 0.2) is 19.7 Å². The van der Waals surface area contributed by atoms with Crippen LogP contribution >= 0.6 is 0 Å². The van der Waals surface area contributed by atoms with Crippen molar-refractivity contribution in [3.8, 4) is 24.7 Å². The predicted molar refractivity (Wildman–Crippen MR) is 191 cm³/mol. The van der Waals surface area contributed by atoms with Crippen LogP contribution in [-0.2, 0) is 19.7 Å². The van der Waals surface area contributed by atoms with E-state index < -0.39 is 42.3 Å². The lowest BCUT2D eigenvalue weighted by molar-refractivity contribution is 0.512. The van der Waals surface area contributed by atoms with Crippen LogP contribution in [0.3, 0.4) is 0 Å². The van der Waals surface area contributed by atoms with Crippen molar-refractivity contribution < 1.29 is 16.8 Å². The maximum absolute atomic E-state index is 14.8. The van der Waals surface area contributed by atoms with Crippen molar-refractivity contribution in [1.82, 2.24) is 10.6 Å². The summed E-state index contributed by atoms with van der Waals surface area (Å²) in [5.74, 6) is 5.12. The Kier molecular flexibility index (Phi) is 11.3. The summed E-state index contributed by atoms with van der Waals surface area (Å²) in [5.41, 5.74) is 2.52. The average molecular weight is 673 g/mol. The zero-order valence-electron chi connectivity index (χ0n) is 26.2. The zero-order valence-corrected chi connectivity index (χ0v) is 27.8. The minimum absolute atomic E-state index is 0.122. The van der Waals surface area contributed by atoms with Gasteiger partial charge in [0, 0.05) is 0 Å². The fourth-order valence-electron chi connectivity index (χ4n) is 5.97. The lowest BCUT2D eigenvalue weighted by Crippen LogP contribution is -2.33. The molecule has 4 atom stereocenters. The summed E-state index contributed by atoms with van der Waals surface area (Å²) in [6.07, 6.45) is 11.2. The number of terminal acetylenes is 2. The van der Waals surface area contributed by atoms with Gasteiger partial charge in [-0.05, 0) is 40.5 Å². The van der Waals surface area contributed by atoms with E-state index in [1.807, 2.05) is 72.8 Å². The molecule has 0 heterocycles. The molecule has 0 fully saturated rings. The summed E-state index contributed by atoms with van der Waals surface area (Å²) in [4.78, 5) is -0.249. The molecule has 0 aliphatic heterocycles. The summed E-state index contributed by atoms with van der Waals surface area (Å²) < 4.78 is 59.2. The highest BCUT2D eigenvalue weighted by atomic mass is 32.2. The summed E-state index contributed by atoms with van der Waals surface area (Å²) >= 11 is 0. The Morgan fingerprint density at radius 1 is 0.458 bits per heavy atom. The Labute approximate surface area is 284 Å². The van der Waals surface area contributed by atoms with Gasteiger partial charge in [-0.2, -0.15) is 0 Å². The molecule has 0 aromatic heterocycles. The summed E-state index contributed by atoms with van der Waals surface area (Å²) in [7, 11) is -8.46. The fourth-order valence-corrected chi connectivity index (χ4v) is 10.0.